The minimum Gasteiger partial charge on any atom is -0.375 e. The van der Waals surface area contributed by atoms with E-state index in [1.807, 2.05) is 55.6 Å². The minimum atomic E-state index is -0.0313. The van der Waals surface area contributed by atoms with Crippen LogP contribution in [0.25, 0.3) is 0 Å². The highest BCUT2D eigenvalue weighted by molar-refractivity contribution is 5.73. The summed E-state index contributed by atoms with van der Waals surface area (Å²) in [5.74, 6) is 0. The number of anilines is 1. The van der Waals surface area contributed by atoms with Gasteiger partial charge in [0.25, 0.3) is 0 Å². The van der Waals surface area contributed by atoms with E-state index >= 15 is 0 Å². The third-order valence-electron chi connectivity index (χ3n) is 3.75. The molecule has 2 amide bonds. The first-order valence-corrected chi connectivity index (χ1v) is 7.96. The van der Waals surface area contributed by atoms with E-state index in [1.165, 1.54) is 5.69 Å². The van der Waals surface area contributed by atoms with Crippen molar-refractivity contribution >= 4 is 11.7 Å². The Bertz CT molecular complexity index is 586. The molecular formula is C19H25N3O. The van der Waals surface area contributed by atoms with Gasteiger partial charge in [0.05, 0.1) is 0 Å². The lowest BCUT2D eigenvalue weighted by Gasteiger charge is -2.21. The van der Waals surface area contributed by atoms with Crippen molar-refractivity contribution in [2.75, 3.05) is 32.1 Å². The molecule has 0 radical (unpaired) electrons. The SMILES string of the molecule is CN(Cc1ccccc1)C(=O)NCCCN(C)c1ccccc1. The van der Waals surface area contributed by atoms with Crippen LogP contribution in [0, 0.1) is 0 Å². The van der Waals surface area contributed by atoms with E-state index in [0.29, 0.717) is 13.1 Å². The summed E-state index contributed by atoms with van der Waals surface area (Å²) in [6, 6.07) is 20.2. The van der Waals surface area contributed by atoms with Crippen molar-refractivity contribution in [2.45, 2.75) is 13.0 Å². The van der Waals surface area contributed by atoms with E-state index in [-0.39, 0.29) is 6.03 Å². The molecule has 122 valence electrons. The van der Waals surface area contributed by atoms with Gasteiger partial charge < -0.3 is 15.1 Å². The highest BCUT2D eigenvalue weighted by Crippen LogP contribution is 2.10. The number of para-hydroxylation sites is 1. The first-order valence-electron chi connectivity index (χ1n) is 7.96. The second-order valence-corrected chi connectivity index (χ2v) is 5.68. The van der Waals surface area contributed by atoms with Gasteiger partial charge in [-0.2, -0.15) is 0 Å². The molecule has 2 aromatic rings. The van der Waals surface area contributed by atoms with Gasteiger partial charge in [-0.3, -0.25) is 0 Å². The van der Waals surface area contributed by atoms with Gasteiger partial charge in [0.1, 0.15) is 0 Å². The lowest BCUT2D eigenvalue weighted by molar-refractivity contribution is 0.207. The van der Waals surface area contributed by atoms with Crippen molar-refractivity contribution in [3.63, 3.8) is 0 Å². The monoisotopic (exact) mass is 311 g/mol. The van der Waals surface area contributed by atoms with Crippen LogP contribution >= 0.6 is 0 Å². The Kier molecular flexibility index (Phi) is 6.48. The van der Waals surface area contributed by atoms with Crippen LogP contribution in [0.15, 0.2) is 60.7 Å². The molecule has 0 bridgehead atoms. The average Bonchev–Trinajstić information content (AvgIpc) is 2.60. The fourth-order valence-electron chi connectivity index (χ4n) is 2.39. The molecule has 0 aliphatic rings. The molecule has 23 heavy (non-hydrogen) atoms. The number of carbonyl (C=O) groups is 1. The summed E-state index contributed by atoms with van der Waals surface area (Å²) in [6.45, 7) is 2.21. The van der Waals surface area contributed by atoms with Crippen molar-refractivity contribution in [1.82, 2.24) is 10.2 Å². The number of carbonyl (C=O) groups excluding carboxylic acids is 1. The summed E-state index contributed by atoms with van der Waals surface area (Å²) in [7, 11) is 3.89. The lowest BCUT2D eigenvalue weighted by atomic mass is 10.2. The summed E-state index contributed by atoms with van der Waals surface area (Å²) in [5, 5.41) is 2.97. The fraction of sp³-hybridized carbons (Fsp3) is 0.316. The quantitative estimate of drug-likeness (QED) is 0.796. The first kappa shape index (κ1) is 16.9. The largest absolute Gasteiger partial charge is 0.375 e. The molecule has 0 fully saturated rings. The summed E-state index contributed by atoms with van der Waals surface area (Å²) < 4.78 is 0. The predicted octanol–water partition coefficient (Wildman–Crippen LogP) is 3.35. The van der Waals surface area contributed by atoms with Crippen molar-refractivity contribution in [1.29, 1.82) is 0 Å². The third kappa shape index (κ3) is 5.66. The Morgan fingerprint density at radius 3 is 2.22 bits per heavy atom. The van der Waals surface area contributed by atoms with Gasteiger partial charge in [0, 0.05) is 39.4 Å². The van der Waals surface area contributed by atoms with Crippen molar-refractivity contribution in [3.05, 3.63) is 66.2 Å². The first-order chi connectivity index (χ1) is 11.2. The summed E-state index contributed by atoms with van der Waals surface area (Å²) in [6.07, 6.45) is 0.913. The van der Waals surface area contributed by atoms with E-state index in [0.717, 1.165) is 18.5 Å². The number of nitrogens with one attached hydrogen (secondary N) is 1. The van der Waals surface area contributed by atoms with E-state index < -0.39 is 0 Å². The van der Waals surface area contributed by atoms with Gasteiger partial charge in [-0.1, -0.05) is 48.5 Å². The van der Waals surface area contributed by atoms with Crippen LogP contribution < -0.4 is 10.2 Å². The zero-order valence-electron chi connectivity index (χ0n) is 13.9. The van der Waals surface area contributed by atoms with E-state index in [2.05, 4.69) is 29.4 Å². The molecule has 4 heteroatoms. The predicted molar refractivity (Wildman–Crippen MR) is 95.6 cm³/mol. The summed E-state index contributed by atoms with van der Waals surface area (Å²) >= 11 is 0. The fourth-order valence-corrected chi connectivity index (χ4v) is 2.39. The molecule has 0 heterocycles. The van der Waals surface area contributed by atoms with Gasteiger partial charge >= 0.3 is 6.03 Å². The lowest BCUT2D eigenvalue weighted by Crippen LogP contribution is -2.38. The number of rotatable bonds is 7. The van der Waals surface area contributed by atoms with E-state index in [1.54, 1.807) is 4.90 Å². The Morgan fingerprint density at radius 2 is 1.57 bits per heavy atom. The highest BCUT2D eigenvalue weighted by Gasteiger charge is 2.08. The van der Waals surface area contributed by atoms with Crippen LogP contribution in [0.1, 0.15) is 12.0 Å². The van der Waals surface area contributed by atoms with Crippen LogP contribution in [0.3, 0.4) is 0 Å². The maximum atomic E-state index is 12.1. The standard InChI is InChI=1S/C19H25N3O/c1-21(18-12-7-4-8-13-18)15-9-14-20-19(23)22(2)16-17-10-5-3-6-11-17/h3-8,10-13H,9,14-16H2,1-2H3,(H,20,23). The van der Waals surface area contributed by atoms with Crippen LogP contribution in [-0.2, 0) is 6.54 Å². The molecule has 0 atom stereocenters. The molecule has 2 rings (SSSR count). The smallest absolute Gasteiger partial charge is 0.317 e. The molecule has 0 saturated carbocycles. The molecule has 4 nitrogen and oxygen atoms in total. The highest BCUT2D eigenvalue weighted by atomic mass is 16.2. The Morgan fingerprint density at radius 1 is 0.957 bits per heavy atom. The number of urea groups is 1. The van der Waals surface area contributed by atoms with Crippen molar-refractivity contribution in [3.8, 4) is 0 Å². The Labute approximate surface area is 138 Å². The molecule has 1 N–H and O–H groups in total. The molecule has 2 aromatic carbocycles. The Balaban J connectivity index is 1.66. The number of hydrogen-bond acceptors (Lipinski definition) is 2. The normalized spacial score (nSPS) is 10.2. The minimum absolute atomic E-state index is 0.0313. The third-order valence-corrected chi connectivity index (χ3v) is 3.75. The molecule has 0 saturated heterocycles. The van der Waals surface area contributed by atoms with E-state index in [4.69, 9.17) is 0 Å². The van der Waals surface area contributed by atoms with Gasteiger partial charge in [-0.25, -0.2) is 4.79 Å². The average molecular weight is 311 g/mol. The van der Waals surface area contributed by atoms with Gasteiger partial charge in [-0.15, -0.1) is 0 Å². The molecule has 0 aliphatic heterocycles. The second kappa shape index (κ2) is 8.83. The number of benzene rings is 2. The van der Waals surface area contributed by atoms with Crippen molar-refractivity contribution < 1.29 is 4.79 Å². The van der Waals surface area contributed by atoms with Crippen LogP contribution in [0.2, 0.25) is 0 Å². The molecule has 0 unspecified atom stereocenters. The molecular weight excluding hydrogens is 286 g/mol. The van der Waals surface area contributed by atoms with Gasteiger partial charge in [-0.05, 0) is 24.1 Å². The van der Waals surface area contributed by atoms with Crippen LogP contribution in [-0.4, -0.2) is 38.1 Å². The van der Waals surface area contributed by atoms with Gasteiger partial charge in [0.2, 0.25) is 0 Å². The molecule has 0 aliphatic carbocycles. The van der Waals surface area contributed by atoms with Crippen LogP contribution in [0.4, 0.5) is 10.5 Å². The maximum Gasteiger partial charge on any atom is 0.317 e. The van der Waals surface area contributed by atoms with Crippen molar-refractivity contribution in [2.24, 2.45) is 0 Å². The number of amides is 2. The summed E-state index contributed by atoms with van der Waals surface area (Å²) in [5.41, 5.74) is 2.33. The maximum absolute atomic E-state index is 12.1. The molecule has 0 aromatic heterocycles. The summed E-state index contributed by atoms with van der Waals surface area (Å²) in [4.78, 5) is 16.0. The second-order valence-electron chi connectivity index (χ2n) is 5.68. The molecule has 0 spiro atoms. The van der Waals surface area contributed by atoms with Gasteiger partial charge in [0.15, 0.2) is 0 Å². The number of hydrogen-bond donors (Lipinski definition) is 1. The number of nitrogens with zero attached hydrogens (tertiary/aromatic N) is 2. The Hall–Kier alpha value is -2.49. The van der Waals surface area contributed by atoms with E-state index in [9.17, 15) is 4.79 Å². The zero-order valence-corrected chi connectivity index (χ0v) is 13.9. The van der Waals surface area contributed by atoms with Crippen LogP contribution in [0.5, 0.6) is 0 Å². The zero-order chi connectivity index (χ0) is 16.5. The topological polar surface area (TPSA) is 35.6 Å².